The summed E-state index contributed by atoms with van der Waals surface area (Å²) in [7, 11) is -3.67. The standard InChI is InChI=1S/C18H22ClN3O3S/c1-3-25-17-12-14(2)16(19)13-18(17)26(23,24)22-10-8-21(9-11-22)15-4-6-20-7-5-15/h4-7,12-13H,3,8-11H2,1-2H3. The highest BCUT2D eigenvalue weighted by Crippen LogP contribution is 2.33. The van der Waals surface area contributed by atoms with E-state index in [2.05, 4.69) is 9.88 Å². The minimum absolute atomic E-state index is 0.132. The van der Waals surface area contributed by atoms with Crippen LogP contribution in [-0.2, 0) is 10.0 Å². The molecule has 0 aliphatic carbocycles. The van der Waals surface area contributed by atoms with Crippen molar-refractivity contribution in [3.05, 3.63) is 47.2 Å². The van der Waals surface area contributed by atoms with Gasteiger partial charge in [-0.05, 0) is 43.7 Å². The van der Waals surface area contributed by atoms with Crippen LogP contribution in [0.25, 0.3) is 0 Å². The fraction of sp³-hybridized carbons (Fsp3) is 0.389. The van der Waals surface area contributed by atoms with Crippen LogP contribution in [0.3, 0.4) is 0 Å². The molecule has 26 heavy (non-hydrogen) atoms. The number of anilines is 1. The van der Waals surface area contributed by atoms with E-state index in [0.29, 0.717) is 43.6 Å². The molecule has 0 atom stereocenters. The molecule has 0 radical (unpaired) electrons. The summed E-state index contributed by atoms with van der Waals surface area (Å²) >= 11 is 6.18. The molecule has 1 fully saturated rings. The zero-order valence-corrected chi connectivity index (χ0v) is 16.4. The topological polar surface area (TPSA) is 62.7 Å². The van der Waals surface area contributed by atoms with Gasteiger partial charge in [0, 0.05) is 49.3 Å². The summed E-state index contributed by atoms with van der Waals surface area (Å²) < 4.78 is 33.3. The summed E-state index contributed by atoms with van der Waals surface area (Å²) in [6.45, 7) is 6.09. The lowest BCUT2D eigenvalue weighted by Crippen LogP contribution is -2.48. The summed E-state index contributed by atoms with van der Waals surface area (Å²) in [5.74, 6) is 0.353. The van der Waals surface area contributed by atoms with Gasteiger partial charge in [0.2, 0.25) is 10.0 Å². The van der Waals surface area contributed by atoms with Crippen LogP contribution >= 0.6 is 11.6 Å². The molecule has 1 aliphatic heterocycles. The SMILES string of the molecule is CCOc1cc(C)c(Cl)cc1S(=O)(=O)N1CCN(c2ccncc2)CC1. The average Bonchev–Trinajstić information content (AvgIpc) is 2.65. The number of benzene rings is 1. The van der Waals surface area contributed by atoms with Gasteiger partial charge in [0.05, 0.1) is 6.61 Å². The Morgan fingerprint density at radius 3 is 2.42 bits per heavy atom. The van der Waals surface area contributed by atoms with Gasteiger partial charge in [-0.1, -0.05) is 11.6 Å². The summed E-state index contributed by atoms with van der Waals surface area (Å²) in [4.78, 5) is 6.30. The van der Waals surface area contributed by atoms with E-state index >= 15 is 0 Å². The minimum Gasteiger partial charge on any atom is -0.492 e. The molecule has 1 saturated heterocycles. The molecule has 0 bridgehead atoms. The average molecular weight is 396 g/mol. The van der Waals surface area contributed by atoms with Crippen LogP contribution in [-0.4, -0.2) is 50.5 Å². The Morgan fingerprint density at radius 1 is 1.15 bits per heavy atom. The molecule has 2 heterocycles. The van der Waals surface area contributed by atoms with Crippen LogP contribution in [0.2, 0.25) is 5.02 Å². The maximum atomic E-state index is 13.1. The van der Waals surface area contributed by atoms with Crippen molar-refractivity contribution in [1.29, 1.82) is 0 Å². The van der Waals surface area contributed by atoms with Gasteiger partial charge in [0.1, 0.15) is 10.6 Å². The van der Waals surface area contributed by atoms with Crippen molar-refractivity contribution in [2.24, 2.45) is 0 Å². The smallest absolute Gasteiger partial charge is 0.246 e. The normalized spacial score (nSPS) is 15.9. The molecule has 3 rings (SSSR count). The van der Waals surface area contributed by atoms with Crippen LogP contribution in [0.15, 0.2) is 41.6 Å². The Bertz CT molecular complexity index is 867. The van der Waals surface area contributed by atoms with Gasteiger partial charge in [-0.15, -0.1) is 0 Å². The molecule has 1 aliphatic rings. The van der Waals surface area contributed by atoms with Gasteiger partial charge in [-0.2, -0.15) is 4.31 Å². The second-order valence-corrected chi connectivity index (χ2v) is 8.39. The van der Waals surface area contributed by atoms with E-state index in [0.717, 1.165) is 11.3 Å². The molecular formula is C18H22ClN3O3S. The number of piperazine rings is 1. The fourth-order valence-electron chi connectivity index (χ4n) is 2.99. The van der Waals surface area contributed by atoms with Gasteiger partial charge >= 0.3 is 0 Å². The number of pyridine rings is 1. The summed E-state index contributed by atoms with van der Waals surface area (Å²) in [6, 6.07) is 7.03. The van der Waals surface area contributed by atoms with E-state index in [-0.39, 0.29) is 4.90 Å². The summed E-state index contributed by atoms with van der Waals surface area (Å²) in [6.07, 6.45) is 3.47. The lowest BCUT2D eigenvalue weighted by molar-refractivity contribution is 0.327. The zero-order chi connectivity index (χ0) is 18.7. The van der Waals surface area contributed by atoms with Crippen molar-refractivity contribution < 1.29 is 13.2 Å². The van der Waals surface area contributed by atoms with E-state index < -0.39 is 10.0 Å². The maximum Gasteiger partial charge on any atom is 0.246 e. The van der Waals surface area contributed by atoms with E-state index in [1.165, 1.54) is 10.4 Å². The third-order valence-electron chi connectivity index (χ3n) is 4.41. The highest BCUT2D eigenvalue weighted by molar-refractivity contribution is 7.89. The Labute approximate surface area is 159 Å². The van der Waals surface area contributed by atoms with Crippen molar-refractivity contribution in [3.8, 4) is 5.75 Å². The minimum atomic E-state index is -3.67. The lowest BCUT2D eigenvalue weighted by Gasteiger charge is -2.35. The number of aryl methyl sites for hydroxylation is 1. The van der Waals surface area contributed by atoms with Crippen molar-refractivity contribution in [3.63, 3.8) is 0 Å². The molecule has 6 nitrogen and oxygen atoms in total. The van der Waals surface area contributed by atoms with Crippen LogP contribution < -0.4 is 9.64 Å². The van der Waals surface area contributed by atoms with Crippen LogP contribution in [0, 0.1) is 6.92 Å². The molecule has 0 spiro atoms. The first-order valence-corrected chi connectivity index (χ1v) is 10.3. The first-order chi connectivity index (χ1) is 12.4. The Hall–Kier alpha value is -1.83. The van der Waals surface area contributed by atoms with E-state index in [1.807, 2.05) is 26.0 Å². The number of hydrogen-bond acceptors (Lipinski definition) is 5. The van der Waals surface area contributed by atoms with Crippen LogP contribution in [0.5, 0.6) is 5.75 Å². The third-order valence-corrected chi connectivity index (χ3v) is 6.74. The van der Waals surface area contributed by atoms with E-state index in [1.54, 1.807) is 18.5 Å². The van der Waals surface area contributed by atoms with Crippen molar-refractivity contribution in [2.45, 2.75) is 18.7 Å². The molecule has 140 valence electrons. The second kappa shape index (κ2) is 7.82. The molecule has 2 aromatic rings. The molecule has 1 aromatic carbocycles. The number of rotatable bonds is 5. The van der Waals surface area contributed by atoms with Crippen molar-refractivity contribution in [1.82, 2.24) is 9.29 Å². The molecule has 0 N–H and O–H groups in total. The van der Waals surface area contributed by atoms with Crippen molar-refractivity contribution >= 4 is 27.3 Å². The Morgan fingerprint density at radius 2 is 1.81 bits per heavy atom. The van der Waals surface area contributed by atoms with Gasteiger partial charge < -0.3 is 9.64 Å². The Kier molecular flexibility index (Phi) is 5.70. The number of nitrogens with zero attached hydrogens (tertiary/aromatic N) is 3. The maximum absolute atomic E-state index is 13.1. The molecule has 8 heteroatoms. The van der Waals surface area contributed by atoms with Gasteiger partial charge in [-0.3, -0.25) is 4.98 Å². The lowest BCUT2D eigenvalue weighted by atomic mass is 10.2. The first kappa shape index (κ1) is 18.9. The molecule has 0 saturated carbocycles. The monoisotopic (exact) mass is 395 g/mol. The molecule has 1 aromatic heterocycles. The number of hydrogen-bond donors (Lipinski definition) is 0. The zero-order valence-electron chi connectivity index (χ0n) is 14.9. The second-order valence-electron chi connectivity index (χ2n) is 6.08. The van der Waals surface area contributed by atoms with E-state index in [9.17, 15) is 8.42 Å². The summed E-state index contributed by atoms with van der Waals surface area (Å²) in [5, 5.41) is 0.419. The third kappa shape index (κ3) is 3.79. The molecule has 0 amide bonds. The Balaban J connectivity index is 1.83. The van der Waals surface area contributed by atoms with E-state index in [4.69, 9.17) is 16.3 Å². The molecular weight excluding hydrogens is 374 g/mol. The predicted molar refractivity (Wildman–Crippen MR) is 103 cm³/mol. The van der Waals surface area contributed by atoms with Crippen LogP contribution in [0.4, 0.5) is 5.69 Å². The fourth-order valence-corrected chi connectivity index (χ4v) is 4.78. The highest BCUT2D eigenvalue weighted by atomic mass is 35.5. The predicted octanol–water partition coefficient (Wildman–Crippen LogP) is 2.95. The largest absolute Gasteiger partial charge is 0.492 e. The number of ether oxygens (including phenoxy) is 1. The quantitative estimate of drug-likeness (QED) is 0.778. The van der Waals surface area contributed by atoms with Crippen LogP contribution in [0.1, 0.15) is 12.5 Å². The first-order valence-electron chi connectivity index (χ1n) is 8.51. The molecule has 0 unspecified atom stereocenters. The van der Waals surface area contributed by atoms with Gasteiger partial charge in [0.25, 0.3) is 0 Å². The summed E-state index contributed by atoms with van der Waals surface area (Å²) in [5.41, 5.74) is 1.84. The number of aromatic nitrogens is 1. The van der Waals surface area contributed by atoms with Gasteiger partial charge in [-0.25, -0.2) is 8.42 Å². The number of halogens is 1. The number of sulfonamides is 1. The highest BCUT2D eigenvalue weighted by Gasteiger charge is 2.31. The van der Waals surface area contributed by atoms with Gasteiger partial charge in [0.15, 0.2) is 0 Å². The van der Waals surface area contributed by atoms with Crippen molar-refractivity contribution in [2.75, 3.05) is 37.7 Å².